The van der Waals surface area contributed by atoms with Crippen LogP contribution < -0.4 is 20.1 Å². The van der Waals surface area contributed by atoms with Crippen LogP contribution in [0.3, 0.4) is 0 Å². The van der Waals surface area contributed by atoms with Gasteiger partial charge in [-0.3, -0.25) is 14.5 Å². The number of likely N-dealkylation sites (tertiary alicyclic amines) is 1. The largest absolute Gasteiger partial charge is 0.454 e. The number of hydrogen-bond donors (Lipinski definition) is 3. The Morgan fingerprint density at radius 3 is 2.33 bits per heavy atom. The van der Waals surface area contributed by atoms with Crippen LogP contribution in [0.5, 0.6) is 11.5 Å². The minimum atomic E-state index is -4.05. The van der Waals surface area contributed by atoms with Crippen LogP contribution in [0.4, 0.5) is 0 Å². The molecule has 1 saturated heterocycles. The summed E-state index contributed by atoms with van der Waals surface area (Å²) in [7, 11) is -4.05. The molecule has 11 nitrogen and oxygen atoms in total. The predicted octanol–water partition coefficient (Wildman–Crippen LogP) is 2.78. The number of nitrogens with one attached hydrogen (secondary N) is 2. The lowest BCUT2D eigenvalue weighted by Crippen LogP contribution is -2.57. The molecular formula is C33H48N4O7S. The number of hydrogen-bond acceptors (Lipinski definition) is 8. The SMILES string of the molecule is CC[C@H](C)[C@H](NC(=O)CN1CCCC1)C(=O)N[C@@H](Cc1ccccc1)[C@H](O)CN(CC(C)C)S(=O)(=O)c1ccc2c(c1)OCO2. The first-order valence-electron chi connectivity index (χ1n) is 15.9. The van der Waals surface area contributed by atoms with Gasteiger partial charge in [0.2, 0.25) is 28.6 Å². The molecule has 12 heteroatoms. The molecule has 2 heterocycles. The lowest BCUT2D eigenvalue weighted by Gasteiger charge is -2.32. The van der Waals surface area contributed by atoms with Gasteiger partial charge in [-0.2, -0.15) is 4.31 Å². The molecule has 2 amide bonds. The monoisotopic (exact) mass is 644 g/mol. The number of sulfonamides is 1. The molecule has 0 aliphatic carbocycles. The van der Waals surface area contributed by atoms with Crippen LogP contribution in [-0.4, -0.2) is 92.2 Å². The van der Waals surface area contributed by atoms with E-state index in [-0.39, 0.29) is 55.5 Å². The van der Waals surface area contributed by atoms with Gasteiger partial charge >= 0.3 is 0 Å². The van der Waals surface area contributed by atoms with Crippen LogP contribution in [0.1, 0.15) is 52.5 Å². The van der Waals surface area contributed by atoms with Crippen LogP contribution in [0.15, 0.2) is 53.4 Å². The number of benzene rings is 2. The number of aliphatic hydroxyl groups is 1. The molecule has 4 rings (SSSR count). The van der Waals surface area contributed by atoms with Gasteiger partial charge < -0.3 is 25.2 Å². The number of amides is 2. The van der Waals surface area contributed by atoms with Crippen LogP contribution in [-0.2, 0) is 26.0 Å². The Morgan fingerprint density at radius 1 is 0.978 bits per heavy atom. The standard InChI is InChI=1S/C33H48N4O7S/c1-5-24(4)32(35-31(39)21-36-15-9-10-16-36)33(40)34-27(17-25-11-7-6-8-12-25)28(38)20-37(19-23(2)3)45(41,42)26-13-14-29-30(18-26)44-22-43-29/h6-8,11-14,18,23-24,27-28,32,38H,5,9-10,15-17,19-22H2,1-4H3,(H,34,40)(H,35,39)/t24-,27-,28+,32-/m0/s1. The van der Waals surface area contributed by atoms with Crippen LogP contribution in [0, 0.1) is 11.8 Å². The smallest absolute Gasteiger partial charge is 0.243 e. The molecule has 0 aromatic heterocycles. The highest BCUT2D eigenvalue weighted by molar-refractivity contribution is 7.89. The summed E-state index contributed by atoms with van der Waals surface area (Å²) < 4.78 is 39.8. The summed E-state index contributed by atoms with van der Waals surface area (Å²) in [6, 6.07) is 12.2. The van der Waals surface area contributed by atoms with E-state index in [1.54, 1.807) is 6.07 Å². The van der Waals surface area contributed by atoms with E-state index in [0.29, 0.717) is 17.9 Å². The number of aliphatic hydroxyl groups excluding tert-OH is 1. The van der Waals surface area contributed by atoms with Gasteiger partial charge in [-0.15, -0.1) is 0 Å². The number of rotatable bonds is 16. The minimum Gasteiger partial charge on any atom is -0.454 e. The second-order valence-corrected chi connectivity index (χ2v) is 14.5. The molecule has 3 N–H and O–H groups in total. The molecule has 0 saturated carbocycles. The average Bonchev–Trinajstić information content (AvgIpc) is 3.71. The van der Waals surface area contributed by atoms with E-state index < -0.39 is 34.1 Å². The third kappa shape index (κ3) is 9.41. The van der Waals surface area contributed by atoms with Crippen LogP contribution in [0.2, 0.25) is 0 Å². The number of carbonyl (C=O) groups is 2. The Labute approximate surface area is 267 Å². The van der Waals surface area contributed by atoms with E-state index in [1.165, 1.54) is 16.4 Å². The van der Waals surface area contributed by atoms with Gasteiger partial charge in [-0.1, -0.05) is 64.4 Å². The average molecular weight is 645 g/mol. The molecular weight excluding hydrogens is 596 g/mol. The summed E-state index contributed by atoms with van der Waals surface area (Å²) in [4.78, 5) is 28.8. The van der Waals surface area contributed by atoms with Gasteiger partial charge in [0.15, 0.2) is 11.5 Å². The predicted molar refractivity (Wildman–Crippen MR) is 171 cm³/mol. The molecule has 0 unspecified atom stereocenters. The first-order valence-corrected chi connectivity index (χ1v) is 17.4. The summed E-state index contributed by atoms with van der Waals surface area (Å²) in [5.74, 6) is -0.00480. The highest BCUT2D eigenvalue weighted by Gasteiger charge is 2.34. The van der Waals surface area contributed by atoms with Crippen molar-refractivity contribution in [1.82, 2.24) is 19.8 Å². The molecule has 0 spiro atoms. The lowest BCUT2D eigenvalue weighted by molar-refractivity contribution is -0.131. The Bertz CT molecular complexity index is 1380. The molecule has 1 fully saturated rings. The number of fused-ring (bicyclic) bond motifs is 1. The Morgan fingerprint density at radius 2 is 1.67 bits per heavy atom. The number of nitrogens with zero attached hydrogens (tertiary/aromatic N) is 2. The van der Waals surface area contributed by atoms with Gasteiger partial charge in [0, 0.05) is 19.2 Å². The lowest BCUT2D eigenvalue weighted by atomic mass is 9.96. The van der Waals surface area contributed by atoms with E-state index in [4.69, 9.17) is 9.47 Å². The fourth-order valence-electron chi connectivity index (χ4n) is 5.69. The number of ether oxygens (including phenoxy) is 2. The van der Waals surface area contributed by atoms with E-state index in [9.17, 15) is 23.1 Å². The van der Waals surface area contributed by atoms with Crippen molar-refractivity contribution in [3.63, 3.8) is 0 Å². The zero-order valence-electron chi connectivity index (χ0n) is 26.8. The second-order valence-electron chi connectivity index (χ2n) is 12.5. The maximum atomic E-state index is 13.9. The Kier molecular flexibility index (Phi) is 12.2. The van der Waals surface area contributed by atoms with E-state index in [0.717, 1.165) is 31.5 Å². The van der Waals surface area contributed by atoms with Gasteiger partial charge in [-0.25, -0.2) is 8.42 Å². The van der Waals surface area contributed by atoms with Crippen molar-refractivity contribution in [2.75, 3.05) is 39.5 Å². The van der Waals surface area contributed by atoms with Crippen molar-refractivity contribution in [2.45, 2.75) is 76.5 Å². The summed E-state index contributed by atoms with van der Waals surface area (Å²) in [6.45, 7) is 9.55. The fourth-order valence-corrected chi connectivity index (χ4v) is 7.33. The third-order valence-corrected chi connectivity index (χ3v) is 10.2. The molecule has 0 radical (unpaired) electrons. The van der Waals surface area contributed by atoms with Gasteiger partial charge in [-0.05, 0) is 61.9 Å². The van der Waals surface area contributed by atoms with E-state index in [1.807, 2.05) is 58.0 Å². The zero-order chi connectivity index (χ0) is 32.6. The summed E-state index contributed by atoms with van der Waals surface area (Å²) in [6.07, 6.45) is 1.78. The summed E-state index contributed by atoms with van der Waals surface area (Å²) in [5.41, 5.74) is 0.869. The van der Waals surface area contributed by atoms with Gasteiger partial charge in [0.1, 0.15) is 6.04 Å². The Balaban J connectivity index is 1.55. The van der Waals surface area contributed by atoms with Gasteiger partial charge in [0.25, 0.3) is 0 Å². The highest BCUT2D eigenvalue weighted by atomic mass is 32.2. The highest BCUT2D eigenvalue weighted by Crippen LogP contribution is 2.35. The molecule has 2 aromatic rings. The van der Waals surface area contributed by atoms with Crippen molar-refractivity contribution in [3.8, 4) is 11.5 Å². The number of carbonyl (C=O) groups excluding carboxylic acids is 2. The van der Waals surface area contributed by atoms with E-state index in [2.05, 4.69) is 15.5 Å². The van der Waals surface area contributed by atoms with Crippen molar-refractivity contribution in [1.29, 1.82) is 0 Å². The van der Waals surface area contributed by atoms with Crippen molar-refractivity contribution >= 4 is 21.8 Å². The fraction of sp³-hybridized carbons (Fsp3) is 0.576. The molecule has 45 heavy (non-hydrogen) atoms. The minimum absolute atomic E-state index is 0.0183. The molecule has 2 aromatic carbocycles. The van der Waals surface area contributed by atoms with Crippen molar-refractivity contribution in [2.24, 2.45) is 11.8 Å². The molecule has 2 aliphatic rings. The van der Waals surface area contributed by atoms with Crippen molar-refractivity contribution < 1.29 is 32.6 Å². The van der Waals surface area contributed by atoms with Crippen LogP contribution in [0.25, 0.3) is 0 Å². The zero-order valence-corrected chi connectivity index (χ0v) is 27.6. The quantitative estimate of drug-likeness (QED) is 0.254. The molecule has 0 bridgehead atoms. The first kappa shape index (κ1) is 34.7. The van der Waals surface area contributed by atoms with Crippen LogP contribution >= 0.6 is 0 Å². The van der Waals surface area contributed by atoms with Crippen molar-refractivity contribution in [3.05, 3.63) is 54.1 Å². The third-order valence-electron chi connectivity index (χ3n) is 8.41. The summed E-state index contributed by atoms with van der Waals surface area (Å²) >= 11 is 0. The second kappa shape index (κ2) is 15.9. The maximum Gasteiger partial charge on any atom is 0.243 e. The Hall–Kier alpha value is -3.19. The van der Waals surface area contributed by atoms with Gasteiger partial charge in [0.05, 0.1) is 23.6 Å². The van der Waals surface area contributed by atoms with E-state index >= 15 is 0 Å². The first-order chi connectivity index (χ1) is 21.5. The normalized spacial score (nSPS) is 17.7. The molecule has 2 aliphatic heterocycles. The maximum absolute atomic E-state index is 13.9. The molecule has 4 atom stereocenters. The topological polar surface area (TPSA) is 138 Å². The summed E-state index contributed by atoms with van der Waals surface area (Å²) in [5, 5.41) is 17.6. The molecule has 248 valence electrons.